The predicted octanol–water partition coefficient (Wildman–Crippen LogP) is 1.72. The van der Waals surface area contributed by atoms with Crippen LogP contribution >= 0.6 is 22.9 Å². The first-order valence-corrected chi connectivity index (χ1v) is 5.90. The van der Waals surface area contributed by atoms with Crippen LogP contribution in [0.5, 0.6) is 0 Å². The summed E-state index contributed by atoms with van der Waals surface area (Å²) in [5.74, 6) is 0. The number of halogens is 1. The number of hydrogen-bond acceptors (Lipinski definition) is 4. The van der Waals surface area contributed by atoms with Crippen LogP contribution in [0.1, 0.15) is 17.7 Å². The molecule has 0 aromatic carbocycles. The van der Waals surface area contributed by atoms with Crippen molar-refractivity contribution < 1.29 is 0 Å². The summed E-state index contributed by atoms with van der Waals surface area (Å²) in [6.07, 6.45) is 4.08. The van der Waals surface area contributed by atoms with Crippen LogP contribution in [0.2, 0.25) is 4.47 Å². The zero-order chi connectivity index (χ0) is 10.1. The van der Waals surface area contributed by atoms with E-state index in [1.54, 1.807) is 11.3 Å². The number of aromatic nitrogens is 1. The molecule has 0 radical (unpaired) electrons. The van der Waals surface area contributed by atoms with Gasteiger partial charge in [-0.05, 0) is 19.9 Å². The molecule has 0 spiro atoms. The first kappa shape index (κ1) is 10.4. The van der Waals surface area contributed by atoms with Gasteiger partial charge in [-0.15, -0.1) is 11.3 Å². The molecule has 1 aliphatic carbocycles. The molecule has 1 saturated carbocycles. The summed E-state index contributed by atoms with van der Waals surface area (Å²) < 4.78 is 0.624. The third-order valence-corrected chi connectivity index (χ3v) is 3.80. The molecule has 0 saturated heterocycles. The zero-order valence-corrected chi connectivity index (χ0v) is 9.68. The Bertz CT molecular complexity index is 309. The molecule has 1 aromatic heterocycles. The van der Waals surface area contributed by atoms with Crippen LogP contribution in [0.15, 0.2) is 6.20 Å². The number of nitrogens with two attached hydrogens (primary N) is 1. The Hall–Kier alpha value is -0.160. The van der Waals surface area contributed by atoms with E-state index in [0.29, 0.717) is 16.6 Å². The van der Waals surface area contributed by atoms with Crippen LogP contribution in [0.25, 0.3) is 0 Å². The molecule has 2 rings (SSSR count). The number of thiazole rings is 1. The van der Waals surface area contributed by atoms with Crippen LogP contribution in [-0.4, -0.2) is 29.0 Å². The van der Waals surface area contributed by atoms with Gasteiger partial charge in [0.1, 0.15) is 0 Å². The topological polar surface area (TPSA) is 42.2 Å². The van der Waals surface area contributed by atoms with Crippen LogP contribution in [-0.2, 0) is 6.54 Å². The van der Waals surface area contributed by atoms with Gasteiger partial charge in [-0.3, -0.25) is 4.90 Å². The lowest BCUT2D eigenvalue weighted by molar-refractivity contribution is 0.133. The van der Waals surface area contributed by atoms with Gasteiger partial charge in [0.05, 0.1) is 0 Å². The standard InChI is InChI=1S/C9H14ClN3S/c1-13(7-2-6(11)3-7)5-8-4-12-9(10)14-8/h4,6-7H,2-3,5,11H2,1H3. The van der Waals surface area contributed by atoms with Crippen molar-refractivity contribution in [2.24, 2.45) is 5.73 Å². The van der Waals surface area contributed by atoms with E-state index in [0.717, 1.165) is 19.4 Å². The van der Waals surface area contributed by atoms with Gasteiger partial charge in [0.25, 0.3) is 0 Å². The van der Waals surface area contributed by atoms with Crippen molar-refractivity contribution >= 4 is 22.9 Å². The van der Waals surface area contributed by atoms with Crippen molar-refractivity contribution in [1.82, 2.24) is 9.88 Å². The number of rotatable bonds is 3. The second-order valence-corrected chi connectivity index (χ2v) is 5.58. The fourth-order valence-electron chi connectivity index (χ4n) is 1.72. The highest BCUT2D eigenvalue weighted by Gasteiger charge is 2.29. The highest BCUT2D eigenvalue weighted by atomic mass is 35.5. The van der Waals surface area contributed by atoms with E-state index in [9.17, 15) is 0 Å². The van der Waals surface area contributed by atoms with E-state index in [4.69, 9.17) is 17.3 Å². The number of hydrogen-bond donors (Lipinski definition) is 1. The zero-order valence-electron chi connectivity index (χ0n) is 8.11. The second kappa shape index (κ2) is 4.14. The van der Waals surface area contributed by atoms with E-state index >= 15 is 0 Å². The molecule has 0 aliphatic heterocycles. The monoisotopic (exact) mass is 231 g/mol. The second-order valence-electron chi connectivity index (χ2n) is 3.88. The highest BCUT2D eigenvalue weighted by Crippen LogP contribution is 2.26. The Morgan fingerprint density at radius 2 is 2.43 bits per heavy atom. The van der Waals surface area contributed by atoms with Crippen molar-refractivity contribution in [3.63, 3.8) is 0 Å². The van der Waals surface area contributed by atoms with Crippen molar-refractivity contribution in [3.05, 3.63) is 15.5 Å². The Morgan fingerprint density at radius 1 is 1.71 bits per heavy atom. The molecule has 2 N–H and O–H groups in total. The summed E-state index contributed by atoms with van der Waals surface area (Å²) >= 11 is 7.31. The van der Waals surface area contributed by atoms with Gasteiger partial charge in [0.15, 0.2) is 4.47 Å². The molecule has 3 nitrogen and oxygen atoms in total. The largest absolute Gasteiger partial charge is 0.328 e. The first-order chi connectivity index (χ1) is 6.65. The Labute approximate surface area is 92.9 Å². The summed E-state index contributed by atoms with van der Waals surface area (Å²) in [5.41, 5.74) is 5.75. The Kier molecular flexibility index (Phi) is 3.07. The molecule has 78 valence electrons. The predicted molar refractivity (Wildman–Crippen MR) is 59.6 cm³/mol. The van der Waals surface area contributed by atoms with Gasteiger partial charge in [-0.2, -0.15) is 0 Å². The van der Waals surface area contributed by atoms with Gasteiger partial charge < -0.3 is 5.73 Å². The molecule has 0 atom stereocenters. The normalized spacial score (nSPS) is 26.6. The maximum atomic E-state index is 5.76. The smallest absolute Gasteiger partial charge is 0.183 e. The van der Waals surface area contributed by atoms with E-state index in [2.05, 4.69) is 16.9 Å². The molecular formula is C9H14ClN3S. The van der Waals surface area contributed by atoms with Crippen molar-refractivity contribution in [2.45, 2.75) is 31.5 Å². The molecule has 1 heterocycles. The summed E-state index contributed by atoms with van der Waals surface area (Å²) in [6.45, 7) is 0.932. The summed E-state index contributed by atoms with van der Waals surface area (Å²) in [4.78, 5) is 7.57. The minimum Gasteiger partial charge on any atom is -0.328 e. The average Bonchev–Trinajstić information content (AvgIpc) is 2.45. The van der Waals surface area contributed by atoms with Crippen LogP contribution in [0.4, 0.5) is 0 Å². The van der Waals surface area contributed by atoms with E-state index in [1.165, 1.54) is 4.88 Å². The molecule has 0 bridgehead atoms. The van der Waals surface area contributed by atoms with Crippen LogP contribution in [0.3, 0.4) is 0 Å². The summed E-state index contributed by atoms with van der Waals surface area (Å²) in [6, 6.07) is 1.05. The maximum absolute atomic E-state index is 5.76. The minimum atomic E-state index is 0.410. The van der Waals surface area contributed by atoms with Crippen molar-refractivity contribution in [3.8, 4) is 0 Å². The maximum Gasteiger partial charge on any atom is 0.183 e. The van der Waals surface area contributed by atoms with Gasteiger partial charge in [-0.25, -0.2) is 4.98 Å². The third kappa shape index (κ3) is 2.25. The molecule has 5 heteroatoms. The average molecular weight is 232 g/mol. The molecule has 1 fully saturated rings. The first-order valence-electron chi connectivity index (χ1n) is 4.71. The van der Waals surface area contributed by atoms with E-state index < -0.39 is 0 Å². The van der Waals surface area contributed by atoms with Crippen molar-refractivity contribution in [1.29, 1.82) is 0 Å². The van der Waals surface area contributed by atoms with E-state index in [1.807, 2.05) is 6.20 Å². The van der Waals surface area contributed by atoms with Gasteiger partial charge in [-0.1, -0.05) is 11.6 Å². The SMILES string of the molecule is CN(Cc1cnc(Cl)s1)C1CC(N)C1. The number of nitrogens with zero attached hydrogens (tertiary/aromatic N) is 2. The molecule has 0 amide bonds. The van der Waals surface area contributed by atoms with Gasteiger partial charge in [0.2, 0.25) is 0 Å². The molecule has 0 unspecified atom stereocenters. The quantitative estimate of drug-likeness (QED) is 0.862. The fourth-order valence-corrected chi connectivity index (χ4v) is 2.76. The lowest BCUT2D eigenvalue weighted by Gasteiger charge is -2.39. The van der Waals surface area contributed by atoms with Gasteiger partial charge >= 0.3 is 0 Å². The minimum absolute atomic E-state index is 0.410. The lowest BCUT2D eigenvalue weighted by atomic mass is 9.86. The van der Waals surface area contributed by atoms with Crippen molar-refractivity contribution in [2.75, 3.05) is 7.05 Å². The van der Waals surface area contributed by atoms with Crippen LogP contribution in [0, 0.1) is 0 Å². The lowest BCUT2D eigenvalue weighted by Crippen LogP contribution is -2.48. The van der Waals surface area contributed by atoms with E-state index in [-0.39, 0.29) is 0 Å². The van der Waals surface area contributed by atoms with Gasteiger partial charge in [0, 0.05) is 29.7 Å². The molecular weight excluding hydrogens is 218 g/mol. The fraction of sp³-hybridized carbons (Fsp3) is 0.667. The summed E-state index contributed by atoms with van der Waals surface area (Å²) in [5, 5.41) is 0. The molecule has 1 aliphatic rings. The molecule has 14 heavy (non-hydrogen) atoms. The summed E-state index contributed by atoms with van der Waals surface area (Å²) in [7, 11) is 2.13. The Morgan fingerprint density at radius 3 is 2.93 bits per heavy atom. The highest BCUT2D eigenvalue weighted by molar-refractivity contribution is 7.15. The van der Waals surface area contributed by atoms with Crippen LogP contribution < -0.4 is 5.73 Å². The Balaban J connectivity index is 1.85. The molecule has 1 aromatic rings. The third-order valence-electron chi connectivity index (χ3n) is 2.70.